The summed E-state index contributed by atoms with van der Waals surface area (Å²) < 4.78 is 27.6. The van der Waals surface area contributed by atoms with Crippen LogP contribution in [-0.2, 0) is 6.54 Å². The third-order valence-corrected chi connectivity index (χ3v) is 3.62. The maximum Gasteiger partial charge on any atom is 0.149 e. The van der Waals surface area contributed by atoms with Crippen LogP contribution in [0.3, 0.4) is 0 Å². The molecule has 0 heterocycles. The van der Waals surface area contributed by atoms with Crippen LogP contribution in [-0.4, -0.2) is 5.11 Å². The molecule has 0 bridgehead atoms. The average molecular weight is 393 g/mol. The van der Waals surface area contributed by atoms with Gasteiger partial charge in [-0.1, -0.05) is 15.9 Å². The Kier molecular flexibility index (Phi) is 4.42. The molecule has 0 fully saturated rings. The molecule has 2 N–H and O–H groups in total. The Hall–Kier alpha value is -1.14. The largest absolute Gasteiger partial charge is 0.508 e. The molecule has 6 heteroatoms. The quantitative estimate of drug-likeness (QED) is 0.735. The van der Waals surface area contributed by atoms with Gasteiger partial charge in [-0.2, -0.15) is 0 Å². The molecule has 0 atom stereocenters. The highest BCUT2D eigenvalue weighted by atomic mass is 79.9. The molecule has 0 radical (unpaired) electrons. The number of anilines is 1. The second-order valence-electron chi connectivity index (χ2n) is 3.87. The van der Waals surface area contributed by atoms with E-state index < -0.39 is 11.6 Å². The lowest BCUT2D eigenvalue weighted by Crippen LogP contribution is -2.02. The Morgan fingerprint density at radius 1 is 1.05 bits per heavy atom. The van der Waals surface area contributed by atoms with E-state index in [0.717, 1.165) is 10.5 Å². The van der Waals surface area contributed by atoms with Gasteiger partial charge < -0.3 is 10.4 Å². The molecule has 0 aliphatic rings. The van der Waals surface area contributed by atoms with Crippen molar-refractivity contribution in [1.29, 1.82) is 0 Å². The maximum absolute atomic E-state index is 13.5. The van der Waals surface area contributed by atoms with Crippen molar-refractivity contribution in [3.8, 4) is 5.75 Å². The van der Waals surface area contributed by atoms with Gasteiger partial charge in [0, 0.05) is 22.6 Å². The Morgan fingerprint density at radius 2 is 1.79 bits per heavy atom. The van der Waals surface area contributed by atoms with Crippen LogP contribution in [0.25, 0.3) is 0 Å². The number of halogens is 4. The highest BCUT2D eigenvalue weighted by Crippen LogP contribution is 2.26. The van der Waals surface area contributed by atoms with Crippen LogP contribution in [0.15, 0.2) is 39.3 Å². The number of aromatic hydroxyl groups is 1. The zero-order chi connectivity index (χ0) is 14.0. The van der Waals surface area contributed by atoms with E-state index in [-0.39, 0.29) is 22.5 Å². The summed E-state index contributed by atoms with van der Waals surface area (Å²) in [5.41, 5.74) is 0.766. The average Bonchev–Trinajstić information content (AvgIpc) is 2.36. The molecule has 0 aromatic heterocycles. The lowest BCUT2D eigenvalue weighted by molar-refractivity contribution is 0.469. The summed E-state index contributed by atoms with van der Waals surface area (Å²) in [6, 6.07) is 7.08. The van der Waals surface area contributed by atoms with Gasteiger partial charge >= 0.3 is 0 Å². The number of phenols is 1. The molecule has 0 saturated carbocycles. The van der Waals surface area contributed by atoms with Crippen LogP contribution >= 0.6 is 31.9 Å². The predicted molar refractivity (Wildman–Crippen MR) is 77.2 cm³/mol. The second kappa shape index (κ2) is 5.88. The van der Waals surface area contributed by atoms with E-state index in [0.29, 0.717) is 5.56 Å². The van der Waals surface area contributed by atoms with Crippen molar-refractivity contribution in [2.45, 2.75) is 6.54 Å². The minimum atomic E-state index is -0.685. The summed E-state index contributed by atoms with van der Waals surface area (Å²) in [6.07, 6.45) is 0. The van der Waals surface area contributed by atoms with Gasteiger partial charge in [0.25, 0.3) is 0 Å². The fraction of sp³-hybridized carbons (Fsp3) is 0.0769. The monoisotopic (exact) mass is 391 g/mol. The van der Waals surface area contributed by atoms with Gasteiger partial charge in [0.05, 0.1) is 10.2 Å². The summed E-state index contributed by atoms with van der Waals surface area (Å²) >= 11 is 6.28. The van der Waals surface area contributed by atoms with Crippen molar-refractivity contribution < 1.29 is 13.9 Å². The third-order valence-electron chi connectivity index (χ3n) is 2.52. The van der Waals surface area contributed by atoms with Gasteiger partial charge in [0.1, 0.15) is 17.4 Å². The smallest absolute Gasteiger partial charge is 0.149 e. The van der Waals surface area contributed by atoms with E-state index in [1.807, 2.05) is 0 Å². The van der Waals surface area contributed by atoms with Gasteiger partial charge in [-0.05, 0) is 40.2 Å². The van der Waals surface area contributed by atoms with Crippen LogP contribution in [0.1, 0.15) is 5.56 Å². The molecule has 100 valence electrons. The molecule has 19 heavy (non-hydrogen) atoms. The van der Waals surface area contributed by atoms with Crippen molar-refractivity contribution in [2.75, 3.05) is 5.32 Å². The van der Waals surface area contributed by atoms with E-state index in [2.05, 4.69) is 37.2 Å². The van der Waals surface area contributed by atoms with Crippen molar-refractivity contribution in [2.24, 2.45) is 0 Å². The summed E-state index contributed by atoms with van der Waals surface area (Å²) in [5.74, 6) is -1.24. The first-order valence-electron chi connectivity index (χ1n) is 5.33. The van der Waals surface area contributed by atoms with Crippen LogP contribution in [0.5, 0.6) is 5.75 Å². The molecule has 0 saturated heterocycles. The fourth-order valence-electron chi connectivity index (χ4n) is 1.54. The molecule has 0 aliphatic heterocycles. The molecule has 0 spiro atoms. The molecule has 2 nitrogen and oxygen atoms in total. The van der Waals surface area contributed by atoms with Crippen molar-refractivity contribution in [3.05, 3.63) is 56.5 Å². The molecule has 2 aromatic rings. The molecule has 2 aromatic carbocycles. The summed E-state index contributed by atoms with van der Waals surface area (Å²) in [5, 5.41) is 12.5. The van der Waals surface area contributed by atoms with E-state index in [1.54, 1.807) is 12.1 Å². The number of phenolic OH excluding ortho intramolecular Hbond substituents is 1. The Labute approximate surface area is 125 Å². The highest BCUT2D eigenvalue weighted by molar-refractivity contribution is 9.10. The van der Waals surface area contributed by atoms with Crippen LogP contribution in [0.2, 0.25) is 0 Å². The van der Waals surface area contributed by atoms with Crippen LogP contribution in [0, 0.1) is 11.6 Å². The van der Waals surface area contributed by atoms with Gasteiger partial charge in [0.15, 0.2) is 0 Å². The summed E-state index contributed by atoms with van der Waals surface area (Å²) in [7, 11) is 0. The molecular formula is C13H9Br2F2NO. The zero-order valence-electron chi connectivity index (χ0n) is 9.55. The fourth-order valence-corrected chi connectivity index (χ4v) is 2.30. The van der Waals surface area contributed by atoms with Gasteiger partial charge in [0.2, 0.25) is 0 Å². The second-order valence-corrected chi connectivity index (χ2v) is 5.64. The minimum absolute atomic E-state index is 0.109. The maximum atomic E-state index is 13.5. The summed E-state index contributed by atoms with van der Waals surface area (Å²) in [6.45, 7) is 0.222. The van der Waals surface area contributed by atoms with E-state index >= 15 is 0 Å². The normalized spacial score (nSPS) is 10.5. The van der Waals surface area contributed by atoms with E-state index in [9.17, 15) is 13.9 Å². The van der Waals surface area contributed by atoms with Gasteiger partial charge in [-0.25, -0.2) is 8.78 Å². The Balaban J connectivity index is 2.19. The molecule has 2 rings (SSSR count). The van der Waals surface area contributed by atoms with E-state index in [4.69, 9.17) is 0 Å². The lowest BCUT2D eigenvalue weighted by atomic mass is 10.2. The minimum Gasteiger partial charge on any atom is -0.508 e. The van der Waals surface area contributed by atoms with Crippen LogP contribution in [0.4, 0.5) is 14.5 Å². The number of hydrogen-bond donors (Lipinski definition) is 2. The van der Waals surface area contributed by atoms with Crippen LogP contribution < -0.4 is 5.32 Å². The number of benzene rings is 2. The van der Waals surface area contributed by atoms with Gasteiger partial charge in [-0.15, -0.1) is 0 Å². The molecule has 0 unspecified atom stereocenters. The highest BCUT2D eigenvalue weighted by Gasteiger charge is 2.09. The third kappa shape index (κ3) is 3.45. The zero-order valence-corrected chi connectivity index (χ0v) is 12.7. The van der Waals surface area contributed by atoms with Crippen molar-refractivity contribution in [1.82, 2.24) is 0 Å². The number of nitrogens with one attached hydrogen (secondary N) is 1. The SMILES string of the molecule is Oc1ccc(Br)cc1CNc1cc(Br)c(F)cc1F. The molecule has 0 aliphatic carbocycles. The topological polar surface area (TPSA) is 32.3 Å². The number of rotatable bonds is 3. The van der Waals surface area contributed by atoms with E-state index in [1.165, 1.54) is 12.1 Å². The Bertz CT molecular complexity index is 620. The first-order valence-corrected chi connectivity index (χ1v) is 6.92. The van der Waals surface area contributed by atoms with Gasteiger partial charge in [-0.3, -0.25) is 0 Å². The number of hydrogen-bond acceptors (Lipinski definition) is 2. The first-order chi connectivity index (χ1) is 8.97. The summed E-state index contributed by atoms with van der Waals surface area (Å²) in [4.78, 5) is 0. The molecular weight excluding hydrogens is 384 g/mol. The van der Waals surface area contributed by atoms with Crippen molar-refractivity contribution >= 4 is 37.5 Å². The lowest BCUT2D eigenvalue weighted by Gasteiger charge is -2.10. The van der Waals surface area contributed by atoms with Crippen molar-refractivity contribution in [3.63, 3.8) is 0 Å². The standard InChI is InChI=1S/C13H9Br2F2NO/c14-8-1-2-13(19)7(3-8)6-18-12-4-9(15)10(16)5-11(12)17/h1-5,18-19H,6H2. The first kappa shape index (κ1) is 14.3. The predicted octanol–water partition coefficient (Wildman–Crippen LogP) is 4.81. The molecule has 0 amide bonds. The Morgan fingerprint density at radius 3 is 2.53 bits per heavy atom.